The predicted molar refractivity (Wildman–Crippen MR) is 90.5 cm³/mol. The highest BCUT2D eigenvalue weighted by molar-refractivity contribution is 5.79. The number of Topliss-reactive ketones (excluding diaryl/α,β-unsaturated/α-hetero) is 1. The molecule has 4 rings (SSSR count). The van der Waals surface area contributed by atoms with Gasteiger partial charge in [-0.15, -0.1) is 0 Å². The van der Waals surface area contributed by atoms with E-state index >= 15 is 0 Å². The van der Waals surface area contributed by atoms with Crippen molar-refractivity contribution in [3.8, 4) is 0 Å². The van der Waals surface area contributed by atoms with E-state index in [0.29, 0.717) is 23.0 Å². The zero-order valence-electron chi connectivity index (χ0n) is 14.5. The second kappa shape index (κ2) is 4.82. The van der Waals surface area contributed by atoms with Crippen LogP contribution in [0.5, 0.6) is 0 Å². The highest BCUT2D eigenvalue weighted by Gasteiger charge is 2.56. The van der Waals surface area contributed by atoms with Crippen molar-refractivity contribution in [1.29, 1.82) is 0 Å². The molecule has 0 heterocycles. The molecule has 22 heavy (non-hydrogen) atoms. The van der Waals surface area contributed by atoms with Gasteiger partial charge in [-0.05, 0) is 74.5 Å². The van der Waals surface area contributed by atoms with Crippen molar-refractivity contribution in [3.63, 3.8) is 0 Å². The summed E-state index contributed by atoms with van der Waals surface area (Å²) < 4.78 is 0. The van der Waals surface area contributed by atoms with Crippen LogP contribution in [0.1, 0.15) is 72.1 Å². The fourth-order valence-corrected chi connectivity index (χ4v) is 6.71. The summed E-state index contributed by atoms with van der Waals surface area (Å²) in [4.78, 5) is 12.1. The van der Waals surface area contributed by atoms with E-state index in [1.54, 1.807) is 11.1 Å². The summed E-state index contributed by atoms with van der Waals surface area (Å²) in [5.74, 6) is 2.16. The molecule has 5 atom stereocenters. The number of rotatable bonds is 1. The molecular weight excluding hydrogens is 268 g/mol. The second-order valence-electron chi connectivity index (χ2n) is 8.87. The Bertz CT molecular complexity index is 568. The van der Waals surface area contributed by atoms with Gasteiger partial charge in [0, 0.05) is 5.92 Å². The largest absolute Gasteiger partial charge is 0.300 e. The van der Waals surface area contributed by atoms with Crippen LogP contribution in [0.15, 0.2) is 23.3 Å². The van der Waals surface area contributed by atoms with Gasteiger partial charge in [0.15, 0.2) is 0 Å². The van der Waals surface area contributed by atoms with Crippen molar-refractivity contribution in [2.24, 2.45) is 28.6 Å². The summed E-state index contributed by atoms with van der Waals surface area (Å²) in [6, 6.07) is 0. The molecule has 0 spiro atoms. The molecule has 0 aliphatic heterocycles. The number of ketones is 1. The van der Waals surface area contributed by atoms with Crippen molar-refractivity contribution in [2.75, 3.05) is 0 Å². The fourth-order valence-electron chi connectivity index (χ4n) is 6.71. The van der Waals surface area contributed by atoms with E-state index < -0.39 is 0 Å². The third-order valence-electron chi connectivity index (χ3n) is 7.98. The minimum absolute atomic E-state index is 0.241. The highest BCUT2D eigenvalue weighted by Crippen LogP contribution is 2.64. The van der Waals surface area contributed by atoms with E-state index in [1.807, 2.05) is 6.92 Å². The van der Waals surface area contributed by atoms with Crippen LogP contribution in [0.2, 0.25) is 0 Å². The Morgan fingerprint density at radius 2 is 1.86 bits per heavy atom. The quantitative estimate of drug-likeness (QED) is 0.628. The molecule has 0 radical (unpaired) electrons. The lowest BCUT2D eigenvalue weighted by atomic mass is 9.50. The molecule has 4 aliphatic rings. The highest BCUT2D eigenvalue weighted by atomic mass is 16.1. The van der Waals surface area contributed by atoms with E-state index in [-0.39, 0.29) is 5.41 Å². The number of hydrogen-bond acceptors (Lipinski definition) is 1. The first-order chi connectivity index (χ1) is 10.5. The number of carbonyl (C=O) groups excluding carboxylic acids is 1. The lowest BCUT2D eigenvalue weighted by Crippen LogP contribution is -2.45. The van der Waals surface area contributed by atoms with E-state index in [2.05, 4.69) is 26.0 Å². The number of fused-ring (bicyclic) bond motifs is 5. The van der Waals surface area contributed by atoms with Crippen LogP contribution in [0.3, 0.4) is 0 Å². The molecular formula is C21H30O. The maximum absolute atomic E-state index is 12.1. The molecule has 0 N–H and O–H groups in total. The van der Waals surface area contributed by atoms with Crippen molar-refractivity contribution in [1.82, 2.24) is 0 Å². The Hall–Kier alpha value is -0.850. The molecule has 3 saturated carbocycles. The fraction of sp³-hybridized carbons (Fsp3) is 0.762. The zero-order chi connectivity index (χ0) is 15.5. The minimum atomic E-state index is 0.241. The van der Waals surface area contributed by atoms with Crippen LogP contribution >= 0.6 is 0 Å². The first-order valence-electron chi connectivity index (χ1n) is 9.38. The molecule has 0 bridgehead atoms. The van der Waals surface area contributed by atoms with Gasteiger partial charge in [-0.25, -0.2) is 0 Å². The smallest absolute Gasteiger partial charge is 0.133 e. The Kier molecular flexibility index (Phi) is 3.23. The molecule has 0 aromatic carbocycles. The summed E-state index contributed by atoms with van der Waals surface area (Å²) in [5.41, 5.74) is 4.10. The van der Waals surface area contributed by atoms with E-state index in [4.69, 9.17) is 0 Å². The van der Waals surface area contributed by atoms with Crippen LogP contribution in [-0.4, -0.2) is 5.78 Å². The van der Waals surface area contributed by atoms with Crippen LogP contribution in [0.25, 0.3) is 0 Å². The average molecular weight is 298 g/mol. The number of hydrogen-bond donors (Lipinski definition) is 0. The molecule has 4 aliphatic carbocycles. The minimum Gasteiger partial charge on any atom is -0.300 e. The second-order valence-corrected chi connectivity index (χ2v) is 8.87. The predicted octanol–water partition coefficient (Wildman–Crippen LogP) is 5.46. The van der Waals surface area contributed by atoms with Crippen molar-refractivity contribution >= 4 is 5.78 Å². The first-order valence-corrected chi connectivity index (χ1v) is 9.38. The lowest BCUT2D eigenvalue weighted by molar-refractivity contribution is -0.124. The Morgan fingerprint density at radius 1 is 1.05 bits per heavy atom. The van der Waals surface area contributed by atoms with Crippen LogP contribution in [0.4, 0.5) is 0 Å². The van der Waals surface area contributed by atoms with Gasteiger partial charge in [0.05, 0.1) is 0 Å². The van der Waals surface area contributed by atoms with Gasteiger partial charge < -0.3 is 0 Å². The van der Waals surface area contributed by atoms with Gasteiger partial charge in [-0.3, -0.25) is 4.79 Å². The van der Waals surface area contributed by atoms with Crippen LogP contribution < -0.4 is 0 Å². The molecule has 3 fully saturated rings. The Labute approximate surface area is 135 Å². The molecule has 0 amide bonds. The summed E-state index contributed by atoms with van der Waals surface area (Å²) in [6.07, 6.45) is 15.3. The van der Waals surface area contributed by atoms with Gasteiger partial charge in [-0.1, -0.05) is 43.6 Å². The lowest BCUT2D eigenvalue weighted by Gasteiger charge is -2.54. The molecule has 1 nitrogen and oxygen atoms in total. The maximum Gasteiger partial charge on any atom is 0.133 e. The summed E-state index contributed by atoms with van der Waals surface area (Å²) in [6.45, 7) is 6.77. The molecule has 1 heteroatoms. The zero-order valence-corrected chi connectivity index (χ0v) is 14.5. The standard InChI is InChI=1S/C21H30O/c1-14(22)17-9-10-18-16-8-7-15-6-4-5-12-20(15,2)19(16)11-13-21(17,18)3/h7-8,17-19H,4-6,9-13H2,1-3H3/t17-,18+,19+,20-,21-/m1/s1. The monoisotopic (exact) mass is 298 g/mol. The first kappa shape index (κ1) is 14.7. The molecule has 0 unspecified atom stereocenters. The third-order valence-corrected chi connectivity index (χ3v) is 7.98. The van der Waals surface area contributed by atoms with Crippen LogP contribution in [-0.2, 0) is 4.79 Å². The van der Waals surface area contributed by atoms with Crippen molar-refractivity contribution in [3.05, 3.63) is 23.3 Å². The topological polar surface area (TPSA) is 17.1 Å². The van der Waals surface area contributed by atoms with Crippen molar-refractivity contribution < 1.29 is 4.79 Å². The normalized spacial score (nSPS) is 47.0. The number of carbonyl (C=O) groups is 1. The van der Waals surface area contributed by atoms with Gasteiger partial charge in [0.1, 0.15) is 5.78 Å². The summed E-state index contributed by atoms with van der Waals surface area (Å²) in [7, 11) is 0. The van der Waals surface area contributed by atoms with Gasteiger partial charge in [0.2, 0.25) is 0 Å². The SMILES string of the molecule is CC(=O)[C@H]1CC[C@H]2C3=CC=C4CCCC[C@@]4(C)[C@H]3CC[C@]12C. The molecule has 0 aromatic rings. The van der Waals surface area contributed by atoms with E-state index in [0.717, 1.165) is 12.3 Å². The van der Waals surface area contributed by atoms with Gasteiger partial charge in [0.25, 0.3) is 0 Å². The Balaban J connectivity index is 1.73. The molecule has 120 valence electrons. The van der Waals surface area contributed by atoms with Crippen molar-refractivity contribution in [2.45, 2.75) is 72.1 Å². The van der Waals surface area contributed by atoms with Gasteiger partial charge in [-0.2, -0.15) is 0 Å². The molecule has 0 saturated heterocycles. The van der Waals surface area contributed by atoms with Crippen LogP contribution in [0, 0.1) is 28.6 Å². The third kappa shape index (κ3) is 1.80. The summed E-state index contributed by atoms with van der Waals surface area (Å²) in [5, 5.41) is 0. The maximum atomic E-state index is 12.1. The van der Waals surface area contributed by atoms with Gasteiger partial charge >= 0.3 is 0 Å². The van der Waals surface area contributed by atoms with E-state index in [1.165, 1.54) is 44.9 Å². The average Bonchev–Trinajstić information content (AvgIpc) is 2.84. The summed E-state index contributed by atoms with van der Waals surface area (Å²) >= 11 is 0. The van der Waals surface area contributed by atoms with E-state index in [9.17, 15) is 4.79 Å². The molecule has 0 aromatic heterocycles. The number of allylic oxidation sites excluding steroid dienone is 4. The Morgan fingerprint density at radius 3 is 2.64 bits per heavy atom.